The first kappa shape index (κ1) is 15.0. The molecule has 110 valence electrons. The number of carbonyl (C=O) groups is 1. The van der Waals surface area contributed by atoms with Gasteiger partial charge in [-0.15, -0.1) is 0 Å². The van der Waals surface area contributed by atoms with Crippen LogP contribution in [0.2, 0.25) is 0 Å². The van der Waals surface area contributed by atoms with E-state index in [1.807, 2.05) is 0 Å². The van der Waals surface area contributed by atoms with Crippen LogP contribution in [0.25, 0.3) is 0 Å². The highest BCUT2D eigenvalue weighted by molar-refractivity contribution is 5.75. The molecule has 0 unspecified atom stereocenters. The summed E-state index contributed by atoms with van der Waals surface area (Å²) in [4.78, 5) is 11.3. The van der Waals surface area contributed by atoms with Crippen LogP contribution < -0.4 is 0 Å². The Hall–Kier alpha value is -0.410. The average Bonchev–Trinajstić information content (AvgIpc) is 3.05. The van der Waals surface area contributed by atoms with Crippen molar-refractivity contribution in [2.45, 2.75) is 77.4 Å². The van der Waals surface area contributed by atoms with Crippen molar-refractivity contribution in [3.05, 3.63) is 0 Å². The smallest absolute Gasteiger partial charge is 0.174 e. The molecule has 1 aliphatic heterocycles. The minimum Gasteiger partial charge on any atom is -0.347 e. The van der Waals surface area contributed by atoms with E-state index in [0.29, 0.717) is 6.42 Å². The maximum Gasteiger partial charge on any atom is 0.174 e. The first-order valence-electron chi connectivity index (χ1n) is 7.91. The van der Waals surface area contributed by atoms with Gasteiger partial charge >= 0.3 is 0 Å². The molecule has 0 radical (unpaired) electrons. The second-order valence-corrected chi connectivity index (χ2v) is 6.24. The van der Waals surface area contributed by atoms with Crippen molar-refractivity contribution < 1.29 is 14.3 Å². The summed E-state index contributed by atoms with van der Waals surface area (Å²) in [6.45, 7) is 5.35. The van der Waals surface area contributed by atoms with Gasteiger partial charge in [-0.1, -0.05) is 26.2 Å². The van der Waals surface area contributed by atoms with E-state index in [4.69, 9.17) is 9.47 Å². The quantitative estimate of drug-likeness (QED) is 0.596. The van der Waals surface area contributed by atoms with Crippen LogP contribution in [0, 0.1) is 5.41 Å². The molecule has 0 aromatic carbocycles. The molecule has 1 saturated carbocycles. The first-order chi connectivity index (χ1) is 9.14. The van der Waals surface area contributed by atoms with Crippen molar-refractivity contribution in [3.8, 4) is 0 Å². The number of Topliss-reactive ketones (excluding diaryl/α,β-unsaturated/α-hetero) is 1. The van der Waals surface area contributed by atoms with E-state index in [-0.39, 0.29) is 17.0 Å². The monoisotopic (exact) mass is 268 g/mol. The highest BCUT2D eigenvalue weighted by Crippen LogP contribution is 2.62. The largest absolute Gasteiger partial charge is 0.347 e. The van der Waals surface area contributed by atoms with Gasteiger partial charge in [0, 0.05) is 18.3 Å². The number of ketones is 1. The third-order valence-corrected chi connectivity index (χ3v) is 4.73. The third kappa shape index (κ3) is 3.38. The molecule has 3 heteroatoms. The Bertz CT molecular complexity index is 301. The molecule has 2 fully saturated rings. The van der Waals surface area contributed by atoms with Gasteiger partial charge in [-0.25, -0.2) is 0 Å². The number of rotatable bonds is 9. The molecular formula is C16H28O3. The van der Waals surface area contributed by atoms with Crippen LogP contribution in [0.1, 0.15) is 71.6 Å². The molecule has 0 amide bonds. The molecule has 0 aromatic heterocycles. The van der Waals surface area contributed by atoms with Gasteiger partial charge in [-0.2, -0.15) is 0 Å². The highest BCUT2D eigenvalue weighted by Gasteiger charge is 2.61. The molecule has 0 aromatic rings. The molecule has 19 heavy (non-hydrogen) atoms. The molecule has 1 saturated heterocycles. The van der Waals surface area contributed by atoms with Crippen molar-refractivity contribution in [1.29, 1.82) is 0 Å². The van der Waals surface area contributed by atoms with Gasteiger partial charge in [0.1, 0.15) is 5.78 Å². The van der Waals surface area contributed by atoms with Gasteiger partial charge in [0.05, 0.1) is 13.2 Å². The fourth-order valence-electron chi connectivity index (χ4n) is 3.34. The van der Waals surface area contributed by atoms with Crippen LogP contribution in [0.15, 0.2) is 0 Å². The van der Waals surface area contributed by atoms with E-state index in [9.17, 15) is 4.79 Å². The Labute approximate surface area is 117 Å². The third-order valence-electron chi connectivity index (χ3n) is 4.73. The number of hydrogen-bond acceptors (Lipinski definition) is 3. The molecule has 1 aliphatic carbocycles. The standard InChI is InChI=1S/C16H28O3/c1-3-4-5-6-8-16(18-12-13-19-16)15(10-11-15)9-7-14(2)17/h3-13H2,1-2H3. The van der Waals surface area contributed by atoms with E-state index in [1.165, 1.54) is 25.7 Å². The summed E-state index contributed by atoms with van der Waals surface area (Å²) in [7, 11) is 0. The van der Waals surface area contributed by atoms with Gasteiger partial charge in [-0.05, 0) is 32.6 Å². The average molecular weight is 268 g/mol. The lowest BCUT2D eigenvalue weighted by Gasteiger charge is -2.36. The van der Waals surface area contributed by atoms with E-state index in [1.54, 1.807) is 6.92 Å². The molecule has 3 nitrogen and oxygen atoms in total. The number of unbranched alkanes of at least 4 members (excludes halogenated alkanes) is 3. The summed E-state index contributed by atoms with van der Waals surface area (Å²) in [5, 5.41) is 0. The molecule has 0 spiro atoms. The summed E-state index contributed by atoms with van der Waals surface area (Å²) >= 11 is 0. The Morgan fingerprint density at radius 2 is 1.74 bits per heavy atom. The van der Waals surface area contributed by atoms with Crippen molar-refractivity contribution in [3.63, 3.8) is 0 Å². The van der Waals surface area contributed by atoms with E-state index >= 15 is 0 Å². The maximum absolute atomic E-state index is 11.3. The van der Waals surface area contributed by atoms with E-state index in [2.05, 4.69) is 6.92 Å². The fraction of sp³-hybridized carbons (Fsp3) is 0.938. The molecular weight excluding hydrogens is 240 g/mol. The van der Waals surface area contributed by atoms with Crippen LogP contribution in [0.3, 0.4) is 0 Å². The zero-order chi connectivity index (χ0) is 13.8. The molecule has 0 bridgehead atoms. The summed E-state index contributed by atoms with van der Waals surface area (Å²) in [5.41, 5.74) is 0.140. The van der Waals surface area contributed by atoms with Crippen molar-refractivity contribution in [2.75, 3.05) is 13.2 Å². The number of carbonyl (C=O) groups excluding carboxylic acids is 1. The number of hydrogen-bond donors (Lipinski definition) is 0. The Morgan fingerprint density at radius 1 is 1.05 bits per heavy atom. The zero-order valence-electron chi connectivity index (χ0n) is 12.5. The second kappa shape index (κ2) is 6.36. The predicted molar refractivity (Wildman–Crippen MR) is 75.0 cm³/mol. The van der Waals surface area contributed by atoms with Crippen molar-refractivity contribution in [1.82, 2.24) is 0 Å². The van der Waals surface area contributed by atoms with Gasteiger partial charge < -0.3 is 14.3 Å². The van der Waals surface area contributed by atoms with Crippen LogP contribution >= 0.6 is 0 Å². The highest BCUT2D eigenvalue weighted by atomic mass is 16.7. The molecule has 2 aliphatic rings. The zero-order valence-corrected chi connectivity index (χ0v) is 12.5. The van der Waals surface area contributed by atoms with Crippen molar-refractivity contribution in [2.24, 2.45) is 5.41 Å². The summed E-state index contributed by atoms with van der Waals surface area (Å²) in [5.74, 6) is -0.0821. The van der Waals surface area contributed by atoms with E-state index in [0.717, 1.165) is 38.9 Å². The predicted octanol–water partition coefficient (Wildman–Crippen LogP) is 3.85. The minimum atomic E-state index is -0.365. The van der Waals surface area contributed by atoms with E-state index < -0.39 is 0 Å². The summed E-state index contributed by atoms with van der Waals surface area (Å²) < 4.78 is 12.1. The first-order valence-corrected chi connectivity index (χ1v) is 7.91. The summed E-state index contributed by atoms with van der Waals surface area (Å²) in [6.07, 6.45) is 9.91. The topological polar surface area (TPSA) is 35.5 Å². The maximum atomic E-state index is 11.3. The van der Waals surface area contributed by atoms with Crippen molar-refractivity contribution >= 4 is 5.78 Å². The van der Waals surface area contributed by atoms with Crippen LogP contribution in [0.4, 0.5) is 0 Å². The van der Waals surface area contributed by atoms with Gasteiger partial charge in [0.15, 0.2) is 5.79 Å². The second-order valence-electron chi connectivity index (χ2n) is 6.24. The van der Waals surface area contributed by atoms with Crippen LogP contribution in [-0.4, -0.2) is 24.8 Å². The molecule has 2 rings (SSSR count). The van der Waals surface area contributed by atoms with Crippen LogP contribution in [-0.2, 0) is 14.3 Å². The normalized spacial score (nSPS) is 23.5. The molecule has 0 N–H and O–H groups in total. The fourth-order valence-corrected chi connectivity index (χ4v) is 3.34. The Kier molecular flexibility index (Phi) is 5.02. The lowest BCUT2D eigenvalue weighted by Crippen LogP contribution is -2.41. The SMILES string of the molecule is CCCCCCC1(C2(CCC(C)=O)CC2)OCCO1. The molecule has 0 atom stereocenters. The Balaban J connectivity index is 1.92. The summed E-state index contributed by atoms with van der Waals surface area (Å²) in [6, 6.07) is 0. The Morgan fingerprint density at radius 3 is 2.26 bits per heavy atom. The van der Waals surface area contributed by atoms with Crippen LogP contribution in [0.5, 0.6) is 0 Å². The molecule has 1 heterocycles. The lowest BCUT2D eigenvalue weighted by molar-refractivity contribution is -0.213. The number of ether oxygens (including phenoxy) is 2. The minimum absolute atomic E-state index is 0.140. The lowest BCUT2D eigenvalue weighted by atomic mass is 9.85. The van der Waals surface area contributed by atoms with Gasteiger partial charge in [0.25, 0.3) is 0 Å². The van der Waals surface area contributed by atoms with Gasteiger partial charge in [-0.3, -0.25) is 0 Å². The van der Waals surface area contributed by atoms with Gasteiger partial charge in [0.2, 0.25) is 0 Å².